The molecule has 162 valence electrons. The Hall–Kier alpha value is -2.90. The van der Waals surface area contributed by atoms with Gasteiger partial charge in [-0.1, -0.05) is 43.3 Å². The minimum atomic E-state index is -3.54. The number of piperidine rings is 1. The van der Waals surface area contributed by atoms with Gasteiger partial charge < -0.3 is 9.32 Å². The van der Waals surface area contributed by atoms with Gasteiger partial charge in [-0.2, -0.15) is 0 Å². The first kappa shape index (κ1) is 21.3. The van der Waals surface area contributed by atoms with Gasteiger partial charge in [0.1, 0.15) is 11.3 Å². The van der Waals surface area contributed by atoms with Crippen molar-refractivity contribution in [2.75, 3.05) is 13.1 Å². The smallest absolute Gasteiger partial charge is 0.246 e. The van der Waals surface area contributed by atoms with Crippen LogP contribution in [0.4, 0.5) is 0 Å². The van der Waals surface area contributed by atoms with E-state index in [9.17, 15) is 13.2 Å². The number of aryl methyl sites for hydroxylation is 1. The van der Waals surface area contributed by atoms with E-state index in [4.69, 9.17) is 4.42 Å². The third-order valence-corrected chi connectivity index (χ3v) is 7.14. The summed E-state index contributed by atoms with van der Waals surface area (Å²) in [5, 5.41) is 0.998. The molecule has 1 aromatic heterocycles. The third-order valence-electron chi connectivity index (χ3n) is 5.61. The van der Waals surface area contributed by atoms with Crippen molar-refractivity contribution in [2.24, 2.45) is 0 Å². The number of para-hydroxylation sites is 1. The van der Waals surface area contributed by atoms with E-state index < -0.39 is 10.0 Å². The fourth-order valence-electron chi connectivity index (χ4n) is 3.93. The lowest BCUT2D eigenvalue weighted by Crippen LogP contribution is -2.46. The molecule has 2 aromatic carbocycles. The zero-order valence-corrected chi connectivity index (χ0v) is 18.3. The van der Waals surface area contributed by atoms with E-state index in [0.29, 0.717) is 25.9 Å². The molecule has 0 saturated carbocycles. The summed E-state index contributed by atoms with van der Waals surface area (Å²) in [5.74, 6) is 0.788. The Morgan fingerprint density at radius 1 is 1.10 bits per heavy atom. The molecule has 0 bridgehead atoms. The Balaban J connectivity index is 1.38. The van der Waals surface area contributed by atoms with E-state index in [1.807, 2.05) is 37.3 Å². The van der Waals surface area contributed by atoms with Gasteiger partial charge in [0.05, 0.1) is 4.90 Å². The first-order valence-corrected chi connectivity index (χ1v) is 12.0. The molecular formula is C24H26N2O4S. The van der Waals surface area contributed by atoms with E-state index in [2.05, 4.69) is 4.72 Å². The van der Waals surface area contributed by atoms with Crippen LogP contribution in [0.3, 0.4) is 0 Å². The van der Waals surface area contributed by atoms with Gasteiger partial charge >= 0.3 is 0 Å². The topological polar surface area (TPSA) is 79.6 Å². The number of benzene rings is 2. The van der Waals surface area contributed by atoms with Crippen molar-refractivity contribution in [1.82, 2.24) is 9.62 Å². The zero-order valence-electron chi connectivity index (χ0n) is 17.5. The first-order valence-electron chi connectivity index (χ1n) is 10.5. The summed E-state index contributed by atoms with van der Waals surface area (Å²) in [6.45, 7) is 3.05. The fraction of sp³-hybridized carbons (Fsp3) is 0.292. The number of furan rings is 1. The first-order chi connectivity index (χ1) is 15.0. The molecule has 0 atom stereocenters. The maximum Gasteiger partial charge on any atom is 0.246 e. The number of carbonyl (C=O) groups is 1. The lowest BCUT2D eigenvalue weighted by molar-refractivity contribution is -0.126. The second-order valence-electron chi connectivity index (χ2n) is 7.66. The highest BCUT2D eigenvalue weighted by molar-refractivity contribution is 7.89. The summed E-state index contributed by atoms with van der Waals surface area (Å²) in [5.41, 5.74) is 1.76. The van der Waals surface area contributed by atoms with Crippen LogP contribution in [0.25, 0.3) is 17.0 Å². The molecule has 2 heterocycles. The van der Waals surface area contributed by atoms with E-state index in [1.165, 1.54) is 0 Å². The summed E-state index contributed by atoms with van der Waals surface area (Å²) < 4.78 is 33.7. The number of sulfonamides is 1. The van der Waals surface area contributed by atoms with Crippen LogP contribution < -0.4 is 4.72 Å². The van der Waals surface area contributed by atoms with E-state index in [0.717, 1.165) is 28.7 Å². The van der Waals surface area contributed by atoms with Gasteiger partial charge in [0.25, 0.3) is 0 Å². The second-order valence-corrected chi connectivity index (χ2v) is 9.37. The van der Waals surface area contributed by atoms with E-state index in [-0.39, 0.29) is 16.8 Å². The van der Waals surface area contributed by atoms with Gasteiger partial charge in [0, 0.05) is 42.6 Å². The van der Waals surface area contributed by atoms with Crippen LogP contribution in [0, 0.1) is 0 Å². The Kier molecular flexibility index (Phi) is 6.25. The molecular weight excluding hydrogens is 412 g/mol. The van der Waals surface area contributed by atoms with Crippen LogP contribution in [0.5, 0.6) is 0 Å². The third kappa shape index (κ3) is 4.73. The SMILES string of the molecule is CCc1oc2ccccc2c1/C=C/C(=O)N1CCC(NS(=O)(=O)c2ccccc2)CC1. The maximum atomic E-state index is 12.7. The number of hydrogen-bond acceptors (Lipinski definition) is 4. The molecule has 0 unspecified atom stereocenters. The summed E-state index contributed by atoms with van der Waals surface area (Å²) in [6.07, 6.45) is 5.33. The van der Waals surface area contributed by atoms with Crippen LogP contribution >= 0.6 is 0 Å². The minimum absolute atomic E-state index is 0.0725. The maximum absolute atomic E-state index is 12.7. The summed E-state index contributed by atoms with van der Waals surface area (Å²) in [4.78, 5) is 14.7. The fourth-order valence-corrected chi connectivity index (χ4v) is 5.25. The Labute approximate surface area is 182 Å². The monoisotopic (exact) mass is 438 g/mol. The summed E-state index contributed by atoms with van der Waals surface area (Å²) in [6, 6.07) is 16.0. The molecule has 0 aliphatic carbocycles. The average molecular weight is 439 g/mol. The van der Waals surface area contributed by atoms with Gasteiger partial charge in [-0.15, -0.1) is 0 Å². The highest BCUT2D eigenvalue weighted by Gasteiger charge is 2.26. The standard InChI is InChI=1S/C24H26N2O4S/c1-2-22-21(20-10-6-7-11-23(20)30-22)12-13-24(27)26-16-14-18(15-17-26)25-31(28,29)19-8-4-3-5-9-19/h3-13,18,25H,2,14-17H2,1H3/b13-12+. The normalized spacial score (nSPS) is 15.7. The Morgan fingerprint density at radius 3 is 2.48 bits per heavy atom. The van der Waals surface area contributed by atoms with E-state index >= 15 is 0 Å². The highest BCUT2D eigenvalue weighted by Crippen LogP contribution is 2.27. The van der Waals surface area contributed by atoms with Gasteiger partial charge in [0.15, 0.2) is 0 Å². The van der Waals surface area contributed by atoms with Gasteiger partial charge in [-0.3, -0.25) is 4.79 Å². The van der Waals surface area contributed by atoms with Crippen molar-refractivity contribution in [1.29, 1.82) is 0 Å². The minimum Gasteiger partial charge on any atom is -0.460 e. The van der Waals surface area contributed by atoms with Crippen molar-refractivity contribution in [2.45, 2.75) is 37.1 Å². The molecule has 0 radical (unpaired) electrons. The largest absolute Gasteiger partial charge is 0.460 e. The number of carbonyl (C=O) groups excluding carboxylic acids is 1. The molecule has 0 spiro atoms. The van der Waals surface area contributed by atoms with Crippen molar-refractivity contribution >= 4 is 33.0 Å². The van der Waals surface area contributed by atoms with Crippen LogP contribution in [-0.4, -0.2) is 38.4 Å². The highest BCUT2D eigenvalue weighted by atomic mass is 32.2. The van der Waals surface area contributed by atoms with Crippen molar-refractivity contribution < 1.29 is 17.6 Å². The Bertz CT molecular complexity index is 1190. The molecule has 1 fully saturated rings. The number of nitrogens with zero attached hydrogens (tertiary/aromatic N) is 1. The molecule has 1 aliphatic rings. The second kappa shape index (κ2) is 9.08. The molecule has 3 aromatic rings. The molecule has 1 aliphatic heterocycles. The van der Waals surface area contributed by atoms with Gasteiger partial charge in [0.2, 0.25) is 15.9 Å². The number of nitrogens with one attached hydrogen (secondary N) is 1. The lowest BCUT2D eigenvalue weighted by Gasteiger charge is -2.31. The van der Waals surface area contributed by atoms with E-state index in [1.54, 1.807) is 41.3 Å². The zero-order chi connectivity index (χ0) is 21.8. The van der Waals surface area contributed by atoms with Crippen molar-refractivity contribution in [3.8, 4) is 0 Å². The lowest BCUT2D eigenvalue weighted by atomic mass is 10.1. The number of likely N-dealkylation sites (tertiary alicyclic amines) is 1. The molecule has 4 rings (SSSR count). The summed E-state index contributed by atoms with van der Waals surface area (Å²) >= 11 is 0. The van der Waals surface area contributed by atoms with Gasteiger partial charge in [-0.05, 0) is 37.1 Å². The van der Waals surface area contributed by atoms with Crippen molar-refractivity contribution in [3.63, 3.8) is 0 Å². The van der Waals surface area contributed by atoms with Crippen LogP contribution in [0.2, 0.25) is 0 Å². The molecule has 7 heteroatoms. The van der Waals surface area contributed by atoms with Crippen molar-refractivity contribution in [3.05, 3.63) is 72.0 Å². The van der Waals surface area contributed by atoms with Crippen LogP contribution in [-0.2, 0) is 21.2 Å². The molecule has 1 amide bonds. The van der Waals surface area contributed by atoms with Crippen LogP contribution in [0.1, 0.15) is 31.1 Å². The van der Waals surface area contributed by atoms with Gasteiger partial charge in [-0.25, -0.2) is 13.1 Å². The summed E-state index contributed by atoms with van der Waals surface area (Å²) in [7, 11) is -3.54. The molecule has 6 nitrogen and oxygen atoms in total. The predicted molar refractivity (Wildman–Crippen MR) is 121 cm³/mol. The molecule has 1 saturated heterocycles. The number of rotatable bonds is 6. The number of hydrogen-bond donors (Lipinski definition) is 1. The van der Waals surface area contributed by atoms with Crippen LogP contribution in [0.15, 0.2) is 70.0 Å². The number of fused-ring (bicyclic) bond motifs is 1. The number of amides is 1. The predicted octanol–water partition coefficient (Wildman–Crippen LogP) is 3.98. The molecule has 1 N–H and O–H groups in total. The Morgan fingerprint density at radius 2 is 1.77 bits per heavy atom. The average Bonchev–Trinajstić information content (AvgIpc) is 3.16. The quantitative estimate of drug-likeness (QED) is 0.591. The molecule has 31 heavy (non-hydrogen) atoms.